The Kier molecular flexibility index (Phi) is 7.21. The largest absolute Gasteiger partial charge is 0.351 e. The molecule has 1 saturated heterocycles. The van der Waals surface area contributed by atoms with Gasteiger partial charge in [-0.25, -0.2) is 0 Å². The molecule has 0 aromatic heterocycles. The Labute approximate surface area is 144 Å². The highest BCUT2D eigenvalue weighted by atomic mass is 32.2. The van der Waals surface area contributed by atoms with Crippen LogP contribution in [0.25, 0.3) is 0 Å². The Morgan fingerprint density at radius 2 is 2.13 bits per heavy atom. The van der Waals surface area contributed by atoms with Crippen molar-refractivity contribution >= 4 is 23.6 Å². The zero-order valence-corrected chi connectivity index (χ0v) is 15.5. The Morgan fingerprint density at radius 3 is 2.74 bits per heavy atom. The lowest BCUT2D eigenvalue weighted by molar-refractivity contribution is -0.143. The van der Waals surface area contributed by atoms with Crippen LogP contribution in [0.3, 0.4) is 0 Å². The van der Waals surface area contributed by atoms with Gasteiger partial charge >= 0.3 is 0 Å². The molecule has 2 amide bonds. The number of amides is 2. The molecule has 2 atom stereocenters. The van der Waals surface area contributed by atoms with Crippen LogP contribution in [0, 0.1) is 5.92 Å². The molecule has 2 aliphatic rings. The van der Waals surface area contributed by atoms with Crippen LogP contribution in [-0.2, 0) is 9.59 Å². The van der Waals surface area contributed by atoms with Crippen LogP contribution < -0.4 is 5.32 Å². The maximum atomic E-state index is 12.6. The molecule has 1 saturated carbocycles. The van der Waals surface area contributed by atoms with Crippen LogP contribution in [0.5, 0.6) is 0 Å². The smallest absolute Gasteiger partial charge is 0.243 e. The normalized spacial score (nSPS) is 23.0. The molecule has 0 radical (unpaired) electrons. The predicted octanol–water partition coefficient (Wildman–Crippen LogP) is 1.92. The molecule has 23 heavy (non-hydrogen) atoms. The molecule has 0 aromatic rings. The minimum absolute atomic E-state index is 0.0130. The second-order valence-electron chi connectivity index (χ2n) is 6.98. The fourth-order valence-corrected chi connectivity index (χ4v) is 4.30. The van der Waals surface area contributed by atoms with Crippen molar-refractivity contribution in [2.45, 2.75) is 58.0 Å². The molecule has 0 spiro atoms. The molecule has 1 aliphatic heterocycles. The van der Waals surface area contributed by atoms with E-state index in [0.717, 1.165) is 38.1 Å². The Bertz CT molecular complexity index is 415. The summed E-state index contributed by atoms with van der Waals surface area (Å²) < 4.78 is 0. The molecule has 1 N–H and O–H groups in total. The van der Waals surface area contributed by atoms with Gasteiger partial charge in [0.2, 0.25) is 11.8 Å². The average molecular weight is 342 g/mol. The first-order chi connectivity index (χ1) is 11.0. The molecule has 5 nitrogen and oxygen atoms in total. The number of nitrogens with one attached hydrogen (secondary N) is 1. The zero-order valence-electron chi connectivity index (χ0n) is 14.7. The van der Waals surface area contributed by atoms with Gasteiger partial charge in [0.1, 0.15) is 6.04 Å². The lowest BCUT2D eigenvalue weighted by Crippen LogP contribution is -2.52. The van der Waals surface area contributed by atoms with Gasteiger partial charge in [-0.2, -0.15) is 0 Å². The molecular weight excluding hydrogens is 310 g/mol. The van der Waals surface area contributed by atoms with Gasteiger partial charge in [-0.1, -0.05) is 19.8 Å². The van der Waals surface area contributed by atoms with Crippen molar-refractivity contribution < 1.29 is 9.59 Å². The molecule has 1 aliphatic carbocycles. The summed E-state index contributed by atoms with van der Waals surface area (Å²) in [4.78, 5) is 29.1. The van der Waals surface area contributed by atoms with Crippen molar-refractivity contribution in [1.82, 2.24) is 15.1 Å². The third kappa shape index (κ3) is 5.11. The van der Waals surface area contributed by atoms with Crippen molar-refractivity contribution in [3.05, 3.63) is 0 Å². The summed E-state index contributed by atoms with van der Waals surface area (Å²) in [5.41, 5.74) is 0. The Hall–Kier alpha value is -0.750. The summed E-state index contributed by atoms with van der Waals surface area (Å²) >= 11 is 1.68. The molecule has 0 unspecified atom stereocenters. The van der Waals surface area contributed by atoms with Crippen molar-refractivity contribution in [2.75, 3.05) is 31.8 Å². The monoisotopic (exact) mass is 341 g/mol. The van der Waals surface area contributed by atoms with Crippen molar-refractivity contribution in [1.29, 1.82) is 0 Å². The molecule has 2 rings (SSSR count). The number of carbonyl (C=O) groups is 2. The van der Waals surface area contributed by atoms with E-state index in [1.54, 1.807) is 16.7 Å². The molecule has 0 bridgehead atoms. The summed E-state index contributed by atoms with van der Waals surface area (Å²) in [5.74, 6) is 1.76. The third-order valence-corrected chi connectivity index (χ3v) is 5.80. The van der Waals surface area contributed by atoms with Gasteiger partial charge in [-0.3, -0.25) is 9.59 Å². The topological polar surface area (TPSA) is 52.7 Å². The molecule has 6 heteroatoms. The lowest BCUT2D eigenvalue weighted by Gasteiger charge is -2.32. The van der Waals surface area contributed by atoms with E-state index in [2.05, 4.69) is 24.2 Å². The Balaban J connectivity index is 1.80. The molecule has 2 fully saturated rings. The van der Waals surface area contributed by atoms with Gasteiger partial charge < -0.3 is 15.1 Å². The van der Waals surface area contributed by atoms with Gasteiger partial charge in [-0.05, 0) is 39.8 Å². The fraction of sp³-hybridized carbons (Fsp3) is 0.882. The zero-order chi connectivity index (χ0) is 16.8. The quantitative estimate of drug-likeness (QED) is 0.733. The summed E-state index contributed by atoms with van der Waals surface area (Å²) in [7, 11) is 2.09. The van der Waals surface area contributed by atoms with E-state index >= 15 is 0 Å². The fourth-order valence-electron chi connectivity index (χ4n) is 3.14. The number of likely N-dealkylation sites (N-methyl/N-ethyl adjacent to an activating group) is 1. The number of thioether (sulfide) groups is 1. The second-order valence-corrected chi connectivity index (χ2v) is 7.98. The molecule has 1 heterocycles. The highest BCUT2D eigenvalue weighted by Gasteiger charge is 2.39. The highest BCUT2D eigenvalue weighted by molar-refractivity contribution is 7.99. The minimum atomic E-state index is -0.281. The number of carbonyl (C=O) groups excluding carboxylic acids is 2. The second kappa shape index (κ2) is 8.92. The molecule has 0 aromatic carbocycles. The first-order valence-electron chi connectivity index (χ1n) is 8.90. The highest BCUT2D eigenvalue weighted by Crippen LogP contribution is 2.32. The van der Waals surface area contributed by atoms with E-state index in [1.807, 2.05) is 6.92 Å². The van der Waals surface area contributed by atoms with Gasteiger partial charge in [0.05, 0.1) is 5.88 Å². The SMILES string of the molecule is CCCCN(C)C[C@H](C)NC(=O)[C@H]1CSCN1C(=O)C1CCC1. The van der Waals surface area contributed by atoms with Gasteiger partial charge in [-0.15, -0.1) is 11.8 Å². The van der Waals surface area contributed by atoms with Gasteiger partial charge in [0, 0.05) is 24.3 Å². The Morgan fingerprint density at radius 1 is 1.39 bits per heavy atom. The van der Waals surface area contributed by atoms with Crippen molar-refractivity contribution in [3.8, 4) is 0 Å². The average Bonchev–Trinajstić information content (AvgIpc) is 2.92. The maximum Gasteiger partial charge on any atom is 0.243 e. The first-order valence-corrected chi connectivity index (χ1v) is 10.1. The number of unbranched alkanes of at least 4 members (excludes halogenated alkanes) is 1. The van der Waals surface area contributed by atoms with E-state index in [4.69, 9.17) is 0 Å². The van der Waals surface area contributed by atoms with Crippen LogP contribution in [0.2, 0.25) is 0 Å². The van der Waals surface area contributed by atoms with E-state index in [9.17, 15) is 9.59 Å². The van der Waals surface area contributed by atoms with Crippen LogP contribution >= 0.6 is 11.8 Å². The minimum Gasteiger partial charge on any atom is -0.351 e. The molecular formula is C17H31N3O2S. The van der Waals surface area contributed by atoms with Crippen molar-refractivity contribution in [3.63, 3.8) is 0 Å². The van der Waals surface area contributed by atoms with E-state index in [0.29, 0.717) is 5.88 Å². The van der Waals surface area contributed by atoms with Crippen LogP contribution in [0.1, 0.15) is 46.0 Å². The standard InChI is InChI=1S/C17H31N3O2S/c1-4-5-9-19(3)10-13(2)18-16(21)15-11-23-12-20(15)17(22)14-7-6-8-14/h13-15H,4-12H2,1-3H3,(H,18,21)/t13-,15+/m0/s1. The van der Waals surface area contributed by atoms with Crippen molar-refractivity contribution in [2.24, 2.45) is 5.92 Å². The summed E-state index contributed by atoms with van der Waals surface area (Å²) in [6.45, 7) is 6.13. The van der Waals surface area contributed by atoms with Crippen LogP contribution in [-0.4, -0.2) is 65.5 Å². The number of hydrogen-bond acceptors (Lipinski definition) is 4. The van der Waals surface area contributed by atoms with Crippen LogP contribution in [0.4, 0.5) is 0 Å². The van der Waals surface area contributed by atoms with Gasteiger partial charge in [0.25, 0.3) is 0 Å². The van der Waals surface area contributed by atoms with E-state index in [-0.39, 0.29) is 29.8 Å². The van der Waals surface area contributed by atoms with E-state index < -0.39 is 0 Å². The summed E-state index contributed by atoms with van der Waals surface area (Å²) in [6.07, 6.45) is 5.50. The first kappa shape index (κ1) is 18.6. The molecule has 132 valence electrons. The number of nitrogens with zero attached hydrogens (tertiary/aromatic N) is 2. The maximum absolute atomic E-state index is 12.6. The third-order valence-electron chi connectivity index (χ3n) is 4.79. The van der Waals surface area contributed by atoms with Crippen LogP contribution in [0.15, 0.2) is 0 Å². The summed E-state index contributed by atoms with van der Waals surface area (Å²) in [6, 6.07) is -0.174. The van der Waals surface area contributed by atoms with E-state index in [1.165, 1.54) is 12.8 Å². The summed E-state index contributed by atoms with van der Waals surface area (Å²) in [5, 5.41) is 3.10. The van der Waals surface area contributed by atoms with Gasteiger partial charge in [0.15, 0.2) is 0 Å². The predicted molar refractivity (Wildman–Crippen MR) is 95.3 cm³/mol. The number of rotatable bonds is 8. The lowest BCUT2D eigenvalue weighted by atomic mass is 9.84. The number of hydrogen-bond donors (Lipinski definition) is 1.